The van der Waals surface area contributed by atoms with Crippen molar-refractivity contribution < 1.29 is 0 Å². The van der Waals surface area contributed by atoms with Gasteiger partial charge in [-0.05, 0) is 67.7 Å². The molecule has 0 radical (unpaired) electrons. The molecule has 2 heteroatoms. The van der Waals surface area contributed by atoms with Crippen molar-refractivity contribution in [1.82, 2.24) is 4.90 Å². The number of hydrogen-bond donors (Lipinski definition) is 1. The highest BCUT2D eigenvalue weighted by molar-refractivity contribution is 5.60. The Kier molecular flexibility index (Phi) is 5.12. The van der Waals surface area contributed by atoms with Gasteiger partial charge >= 0.3 is 0 Å². The van der Waals surface area contributed by atoms with Crippen molar-refractivity contribution in [2.24, 2.45) is 0 Å². The molecule has 1 fully saturated rings. The first-order valence-corrected chi connectivity index (χ1v) is 8.51. The predicted octanol–water partition coefficient (Wildman–Crippen LogP) is 4.98. The minimum Gasteiger partial charge on any atom is -0.356 e. The van der Waals surface area contributed by atoms with Gasteiger partial charge in [0.05, 0.1) is 0 Å². The van der Waals surface area contributed by atoms with E-state index in [1.807, 2.05) is 0 Å². The molecule has 116 valence electrons. The summed E-state index contributed by atoms with van der Waals surface area (Å²) in [5.74, 6) is 0. The zero-order valence-corrected chi connectivity index (χ0v) is 13.5. The van der Waals surface area contributed by atoms with Gasteiger partial charge in [0, 0.05) is 17.9 Å². The van der Waals surface area contributed by atoms with E-state index in [2.05, 4.69) is 65.7 Å². The molecule has 0 saturated carbocycles. The van der Waals surface area contributed by atoms with Crippen molar-refractivity contribution >= 4 is 11.4 Å². The Hall–Kier alpha value is -1.80. The third-order valence-corrected chi connectivity index (χ3v) is 4.43. The summed E-state index contributed by atoms with van der Waals surface area (Å²) in [6, 6.07) is 17.5. The highest BCUT2D eigenvalue weighted by Crippen LogP contribution is 2.20. The van der Waals surface area contributed by atoms with Crippen LogP contribution in [0.2, 0.25) is 0 Å². The number of rotatable bonds is 5. The van der Waals surface area contributed by atoms with E-state index in [1.54, 1.807) is 0 Å². The number of piperidine rings is 1. The van der Waals surface area contributed by atoms with Crippen LogP contribution in [0.5, 0.6) is 0 Å². The second-order valence-corrected chi connectivity index (χ2v) is 6.21. The Balaban J connectivity index is 1.64. The van der Waals surface area contributed by atoms with Crippen LogP contribution in [0.15, 0.2) is 48.5 Å². The van der Waals surface area contributed by atoms with E-state index in [9.17, 15) is 0 Å². The smallest absolute Gasteiger partial charge is 0.0387 e. The number of hydrogen-bond acceptors (Lipinski definition) is 2. The van der Waals surface area contributed by atoms with Gasteiger partial charge in [0.1, 0.15) is 0 Å². The second-order valence-electron chi connectivity index (χ2n) is 6.21. The van der Waals surface area contributed by atoms with Crippen LogP contribution in [-0.4, -0.2) is 18.0 Å². The molecule has 0 bridgehead atoms. The first kappa shape index (κ1) is 15.1. The molecule has 0 aromatic heterocycles. The lowest BCUT2D eigenvalue weighted by atomic mass is 10.1. The minimum atomic E-state index is 1.07. The lowest BCUT2D eigenvalue weighted by Crippen LogP contribution is -2.29. The van der Waals surface area contributed by atoms with Crippen molar-refractivity contribution in [2.45, 2.75) is 39.2 Å². The Morgan fingerprint density at radius 3 is 2.36 bits per heavy atom. The molecule has 1 N–H and O–H groups in total. The van der Waals surface area contributed by atoms with Crippen molar-refractivity contribution in [3.8, 4) is 0 Å². The van der Waals surface area contributed by atoms with Crippen LogP contribution in [0.1, 0.15) is 37.3 Å². The fourth-order valence-corrected chi connectivity index (χ4v) is 3.11. The van der Waals surface area contributed by atoms with Crippen molar-refractivity contribution in [3.05, 3.63) is 59.7 Å². The first-order chi connectivity index (χ1) is 10.8. The summed E-state index contributed by atoms with van der Waals surface area (Å²) in [6.07, 6.45) is 5.18. The van der Waals surface area contributed by atoms with Crippen LogP contribution in [0.4, 0.5) is 11.4 Å². The van der Waals surface area contributed by atoms with Crippen LogP contribution >= 0.6 is 0 Å². The monoisotopic (exact) mass is 294 g/mol. The Morgan fingerprint density at radius 2 is 1.64 bits per heavy atom. The molecule has 0 unspecified atom stereocenters. The lowest BCUT2D eigenvalue weighted by molar-refractivity contribution is 0.221. The molecule has 0 atom stereocenters. The van der Waals surface area contributed by atoms with Gasteiger partial charge in [0.2, 0.25) is 0 Å². The largest absolute Gasteiger partial charge is 0.356 e. The van der Waals surface area contributed by atoms with Crippen LogP contribution in [0.3, 0.4) is 0 Å². The number of likely N-dealkylation sites (tertiary alicyclic amines) is 1. The molecular weight excluding hydrogens is 268 g/mol. The molecule has 0 spiro atoms. The molecular formula is C20H26N2. The molecule has 3 rings (SSSR count). The average molecular weight is 294 g/mol. The van der Waals surface area contributed by atoms with E-state index in [1.165, 1.54) is 49.2 Å². The van der Waals surface area contributed by atoms with Gasteiger partial charge in [0.25, 0.3) is 0 Å². The van der Waals surface area contributed by atoms with Gasteiger partial charge in [-0.15, -0.1) is 0 Å². The Morgan fingerprint density at radius 1 is 0.864 bits per heavy atom. The third kappa shape index (κ3) is 4.11. The summed E-state index contributed by atoms with van der Waals surface area (Å²) >= 11 is 0. The number of anilines is 2. The lowest BCUT2D eigenvalue weighted by Gasteiger charge is -2.26. The summed E-state index contributed by atoms with van der Waals surface area (Å²) < 4.78 is 0. The van der Waals surface area contributed by atoms with E-state index < -0.39 is 0 Å². The molecule has 1 aliphatic rings. The molecule has 1 saturated heterocycles. The fraction of sp³-hybridized carbons (Fsp3) is 0.400. The van der Waals surface area contributed by atoms with Crippen LogP contribution < -0.4 is 5.32 Å². The van der Waals surface area contributed by atoms with Crippen LogP contribution in [-0.2, 0) is 13.0 Å². The summed E-state index contributed by atoms with van der Waals surface area (Å²) in [6.45, 7) is 5.75. The molecule has 1 aliphatic heterocycles. The predicted molar refractivity (Wildman–Crippen MR) is 94.7 cm³/mol. The Bertz CT molecular complexity index is 583. The molecule has 22 heavy (non-hydrogen) atoms. The number of benzene rings is 2. The van der Waals surface area contributed by atoms with Crippen LogP contribution in [0, 0.1) is 0 Å². The topological polar surface area (TPSA) is 15.3 Å². The summed E-state index contributed by atoms with van der Waals surface area (Å²) in [7, 11) is 0. The zero-order valence-electron chi connectivity index (χ0n) is 13.5. The summed E-state index contributed by atoms with van der Waals surface area (Å²) in [5, 5.41) is 3.51. The van der Waals surface area contributed by atoms with E-state index >= 15 is 0 Å². The van der Waals surface area contributed by atoms with E-state index in [-0.39, 0.29) is 0 Å². The summed E-state index contributed by atoms with van der Waals surface area (Å²) in [5.41, 5.74) is 5.12. The molecule has 1 heterocycles. The average Bonchev–Trinajstić information content (AvgIpc) is 2.57. The first-order valence-electron chi connectivity index (χ1n) is 8.51. The summed E-state index contributed by atoms with van der Waals surface area (Å²) in [4.78, 5) is 2.57. The van der Waals surface area contributed by atoms with E-state index in [0.29, 0.717) is 0 Å². The van der Waals surface area contributed by atoms with Crippen LogP contribution in [0.25, 0.3) is 0 Å². The van der Waals surface area contributed by atoms with Gasteiger partial charge in [-0.1, -0.05) is 37.6 Å². The van der Waals surface area contributed by atoms with Gasteiger partial charge in [-0.25, -0.2) is 0 Å². The fourth-order valence-electron chi connectivity index (χ4n) is 3.11. The maximum Gasteiger partial charge on any atom is 0.0387 e. The van der Waals surface area contributed by atoms with Crippen molar-refractivity contribution in [1.29, 1.82) is 0 Å². The van der Waals surface area contributed by atoms with E-state index in [4.69, 9.17) is 0 Å². The van der Waals surface area contributed by atoms with Crippen molar-refractivity contribution in [3.63, 3.8) is 0 Å². The third-order valence-electron chi connectivity index (χ3n) is 4.43. The second kappa shape index (κ2) is 7.46. The highest BCUT2D eigenvalue weighted by Gasteiger charge is 2.10. The number of aryl methyl sites for hydroxylation is 1. The normalized spacial score (nSPS) is 15.7. The molecule has 0 amide bonds. The van der Waals surface area contributed by atoms with Gasteiger partial charge in [-0.3, -0.25) is 4.90 Å². The van der Waals surface area contributed by atoms with Gasteiger partial charge in [-0.2, -0.15) is 0 Å². The molecule has 0 aliphatic carbocycles. The standard InChI is InChI=1S/C20H26N2/c1-2-17-9-11-19(12-10-17)21-20-8-6-7-18(15-20)16-22-13-4-3-5-14-22/h6-12,15,21H,2-5,13-14,16H2,1H3. The van der Waals surface area contributed by atoms with E-state index in [0.717, 1.165) is 18.7 Å². The van der Waals surface area contributed by atoms with Gasteiger partial charge < -0.3 is 5.32 Å². The zero-order chi connectivity index (χ0) is 15.2. The minimum absolute atomic E-state index is 1.07. The molecule has 2 aromatic carbocycles. The Labute approximate surface area is 134 Å². The number of nitrogens with one attached hydrogen (secondary N) is 1. The SMILES string of the molecule is CCc1ccc(Nc2cccc(CN3CCCCC3)c2)cc1. The maximum absolute atomic E-state index is 3.51. The van der Waals surface area contributed by atoms with Crippen molar-refractivity contribution in [2.75, 3.05) is 18.4 Å². The maximum atomic E-state index is 3.51. The molecule has 2 nitrogen and oxygen atoms in total. The van der Waals surface area contributed by atoms with Gasteiger partial charge in [0.15, 0.2) is 0 Å². The quantitative estimate of drug-likeness (QED) is 0.836. The highest BCUT2D eigenvalue weighted by atomic mass is 15.1. The molecule has 2 aromatic rings. The number of nitrogens with zero attached hydrogens (tertiary/aromatic N) is 1.